The van der Waals surface area contributed by atoms with Crippen LogP contribution in [0.2, 0.25) is 0 Å². The number of carboxylic acids is 1. The quantitative estimate of drug-likeness (QED) is 0.357. The van der Waals surface area contributed by atoms with Crippen molar-refractivity contribution in [2.75, 3.05) is 7.11 Å². The fourth-order valence-electron chi connectivity index (χ4n) is 3.54. The lowest BCUT2D eigenvalue weighted by atomic mass is 9.99. The molecule has 0 radical (unpaired) electrons. The van der Waals surface area contributed by atoms with Crippen LogP contribution in [-0.4, -0.2) is 69.3 Å². The Hall–Kier alpha value is -3.64. The van der Waals surface area contributed by atoms with E-state index in [1.54, 1.807) is 30.3 Å². The molecule has 5 N–H and O–H groups in total. The number of phenolic OH excluding ortho intramolecular Hbond substituents is 1. The first-order valence-electron chi connectivity index (χ1n) is 9.75. The molecule has 0 bridgehead atoms. The highest BCUT2D eigenvalue weighted by Gasteiger charge is 2.48. The Balaban J connectivity index is 1.84. The highest BCUT2D eigenvalue weighted by atomic mass is 16.7. The van der Waals surface area contributed by atoms with E-state index in [0.717, 1.165) is 0 Å². The summed E-state index contributed by atoms with van der Waals surface area (Å²) in [6.07, 6.45) is -9.59. The van der Waals surface area contributed by atoms with Gasteiger partial charge in [0.1, 0.15) is 35.0 Å². The van der Waals surface area contributed by atoms with Crippen molar-refractivity contribution < 1.29 is 49.0 Å². The zero-order valence-corrected chi connectivity index (χ0v) is 17.1. The van der Waals surface area contributed by atoms with Gasteiger partial charge in [0.2, 0.25) is 12.0 Å². The maximum absolute atomic E-state index is 13.0. The van der Waals surface area contributed by atoms with Crippen molar-refractivity contribution >= 4 is 16.9 Å². The van der Waals surface area contributed by atoms with Gasteiger partial charge in [0.05, 0.1) is 7.11 Å². The van der Waals surface area contributed by atoms with Crippen molar-refractivity contribution in [3.05, 3.63) is 52.7 Å². The minimum Gasteiger partial charge on any atom is -0.502 e. The first-order chi connectivity index (χ1) is 15.7. The number of carbonyl (C=O) groups is 1. The molecular formula is C22H20O11. The number of carboxylic acid groups (broad SMARTS) is 1. The molecule has 0 amide bonds. The lowest BCUT2D eigenvalue weighted by Gasteiger charge is -2.38. The number of ether oxygens (including phenoxy) is 3. The molecular weight excluding hydrogens is 440 g/mol. The molecule has 1 fully saturated rings. The van der Waals surface area contributed by atoms with Crippen LogP contribution in [0.4, 0.5) is 0 Å². The van der Waals surface area contributed by atoms with Gasteiger partial charge >= 0.3 is 5.97 Å². The predicted molar refractivity (Wildman–Crippen MR) is 111 cm³/mol. The molecule has 5 atom stereocenters. The monoisotopic (exact) mass is 460 g/mol. The second-order valence-corrected chi connectivity index (χ2v) is 7.32. The normalized spacial score (nSPS) is 25.0. The second kappa shape index (κ2) is 8.71. The van der Waals surface area contributed by atoms with E-state index in [-0.39, 0.29) is 22.5 Å². The van der Waals surface area contributed by atoms with E-state index in [1.807, 2.05) is 0 Å². The summed E-state index contributed by atoms with van der Waals surface area (Å²) in [6.45, 7) is 0. The lowest BCUT2D eigenvalue weighted by molar-refractivity contribution is -0.271. The van der Waals surface area contributed by atoms with Gasteiger partial charge in [-0.2, -0.15) is 0 Å². The zero-order valence-electron chi connectivity index (χ0n) is 17.1. The smallest absolute Gasteiger partial charge is 0.335 e. The van der Waals surface area contributed by atoms with Crippen LogP contribution in [0, 0.1) is 0 Å². The number of aliphatic hydroxyl groups is 3. The van der Waals surface area contributed by atoms with Crippen molar-refractivity contribution in [3.8, 4) is 28.6 Å². The SMILES string of the molecule is COc1cc2oc(-c3ccccc3)cc(=O)c2c(O[C@H]2O[C@H](C(=O)O)[C@@H](O)[C@H](O)[C@H]2O)c1O. The molecule has 1 aliphatic rings. The minimum atomic E-state index is -1.94. The highest BCUT2D eigenvalue weighted by Crippen LogP contribution is 2.43. The number of hydrogen-bond acceptors (Lipinski definition) is 10. The summed E-state index contributed by atoms with van der Waals surface area (Å²) in [5.41, 5.74) is -0.0474. The largest absolute Gasteiger partial charge is 0.502 e. The van der Waals surface area contributed by atoms with Gasteiger partial charge in [0.15, 0.2) is 23.0 Å². The summed E-state index contributed by atoms with van der Waals surface area (Å²) in [5, 5.41) is 49.7. The van der Waals surface area contributed by atoms with Crippen LogP contribution in [0.15, 0.2) is 51.7 Å². The first kappa shape index (κ1) is 22.6. The van der Waals surface area contributed by atoms with Gasteiger partial charge in [-0.3, -0.25) is 4.79 Å². The van der Waals surface area contributed by atoms with Crippen LogP contribution < -0.4 is 14.9 Å². The maximum Gasteiger partial charge on any atom is 0.335 e. The van der Waals surface area contributed by atoms with Crippen LogP contribution >= 0.6 is 0 Å². The molecule has 11 nitrogen and oxygen atoms in total. The Bertz CT molecular complexity index is 1240. The summed E-state index contributed by atoms with van der Waals surface area (Å²) in [5.74, 6) is -2.70. The molecule has 1 saturated heterocycles. The number of fused-ring (bicyclic) bond motifs is 1. The number of aliphatic hydroxyl groups excluding tert-OH is 3. The van der Waals surface area contributed by atoms with Gasteiger partial charge in [-0.1, -0.05) is 30.3 Å². The average Bonchev–Trinajstić information content (AvgIpc) is 2.80. The third-order valence-corrected chi connectivity index (χ3v) is 5.24. The van der Waals surface area contributed by atoms with E-state index in [4.69, 9.17) is 18.6 Å². The Labute approximate surface area is 185 Å². The van der Waals surface area contributed by atoms with Gasteiger partial charge in [-0.15, -0.1) is 0 Å². The van der Waals surface area contributed by atoms with E-state index < -0.39 is 53.6 Å². The van der Waals surface area contributed by atoms with E-state index in [2.05, 4.69) is 0 Å². The van der Waals surface area contributed by atoms with E-state index >= 15 is 0 Å². The number of rotatable bonds is 5. The van der Waals surface area contributed by atoms with Gasteiger partial charge in [-0.05, 0) is 0 Å². The Morgan fingerprint density at radius 1 is 1.03 bits per heavy atom. The molecule has 0 aliphatic carbocycles. The highest BCUT2D eigenvalue weighted by molar-refractivity contribution is 5.90. The summed E-state index contributed by atoms with van der Waals surface area (Å²) < 4.78 is 21.5. The average molecular weight is 460 g/mol. The number of benzene rings is 2. The van der Waals surface area contributed by atoms with Crippen molar-refractivity contribution in [2.24, 2.45) is 0 Å². The molecule has 33 heavy (non-hydrogen) atoms. The van der Waals surface area contributed by atoms with E-state index in [9.17, 15) is 35.1 Å². The van der Waals surface area contributed by atoms with E-state index in [1.165, 1.54) is 19.2 Å². The van der Waals surface area contributed by atoms with Crippen LogP contribution in [0.3, 0.4) is 0 Å². The van der Waals surface area contributed by atoms with Crippen molar-refractivity contribution in [1.29, 1.82) is 0 Å². The zero-order chi connectivity index (χ0) is 23.9. The Morgan fingerprint density at radius 2 is 1.73 bits per heavy atom. The number of hydrogen-bond donors (Lipinski definition) is 5. The summed E-state index contributed by atoms with van der Waals surface area (Å²) in [7, 11) is 1.25. The number of aromatic hydroxyl groups is 1. The molecule has 2 aromatic carbocycles. The molecule has 11 heteroatoms. The molecule has 4 rings (SSSR count). The van der Waals surface area contributed by atoms with Crippen molar-refractivity contribution in [2.45, 2.75) is 30.7 Å². The second-order valence-electron chi connectivity index (χ2n) is 7.32. The number of phenols is 1. The third kappa shape index (κ3) is 3.98. The third-order valence-electron chi connectivity index (χ3n) is 5.24. The van der Waals surface area contributed by atoms with Crippen LogP contribution in [0.5, 0.6) is 17.2 Å². The Morgan fingerprint density at radius 3 is 2.36 bits per heavy atom. The van der Waals surface area contributed by atoms with Gasteiger partial charge in [0, 0.05) is 17.7 Å². The minimum absolute atomic E-state index is 0.0355. The van der Waals surface area contributed by atoms with Crippen LogP contribution in [-0.2, 0) is 9.53 Å². The van der Waals surface area contributed by atoms with Gasteiger partial charge < -0.3 is 44.2 Å². The molecule has 0 unspecified atom stereocenters. The fraction of sp³-hybridized carbons (Fsp3) is 0.273. The van der Waals surface area contributed by atoms with E-state index in [0.29, 0.717) is 5.56 Å². The summed E-state index contributed by atoms with van der Waals surface area (Å²) in [4.78, 5) is 24.3. The number of methoxy groups -OCH3 is 1. The molecule has 3 aromatic rings. The molecule has 1 aliphatic heterocycles. The molecule has 0 saturated carbocycles. The molecule has 2 heterocycles. The van der Waals surface area contributed by atoms with Crippen molar-refractivity contribution in [3.63, 3.8) is 0 Å². The summed E-state index contributed by atoms with van der Waals surface area (Å²) >= 11 is 0. The lowest BCUT2D eigenvalue weighted by Crippen LogP contribution is -2.61. The summed E-state index contributed by atoms with van der Waals surface area (Å²) in [6, 6.07) is 11.2. The van der Waals surface area contributed by atoms with Crippen molar-refractivity contribution in [1.82, 2.24) is 0 Å². The fourth-order valence-corrected chi connectivity index (χ4v) is 3.54. The maximum atomic E-state index is 13.0. The van der Waals surface area contributed by atoms with Gasteiger partial charge in [0.25, 0.3) is 0 Å². The Kier molecular flexibility index (Phi) is 5.95. The molecule has 1 aromatic heterocycles. The number of aliphatic carboxylic acids is 1. The van der Waals surface area contributed by atoms with Gasteiger partial charge in [-0.25, -0.2) is 4.79 Å². The standard InChI is InChI=1S/C22H20O11/c1-30-13-8-12-14(10(23)7-11(31-12)9-5-3-2-4-6-9)19(15(13)24)32-22-18(27)16(25)17(26)20(33-22)21(28)29/h2-8,16-18,20,22,24-27H,1H3,(H,28,29)/t16-,17-,18+,20-,22-/m0/s1. The predicted octanol–water partition coefficient (Wildman–Crippen LogP) is 0.445. The van der Waals surface area contributed by atoms with Crippen LogP contribution in [0.1, 0.15) is 0 Å². The molecule has 0 spiro atoms. The molecule has 174 valence electrons. The van der Waals surface area contributed by atoms with Crippen LogP contribution in [0.25, 0.3) is 22.3 Å². The topological polar surface area (TPSA) is 176 Å². The first-order valence-corrected chi connectivity index (χ1v) is 9.75.